The van der Waals surface area contributed by atoms with Crippen LogP contribution in [0.4, 0.5) is 11.4 Å². The molecule has 2 aromatic rings. The zero-order chi connectivity index (χ0) is 13.3. The smallest absolute Gasteiger partial charge is 0.337 e. The summed E-state index contributed by atoms with van der Waals surface area (Å²) in [4.78, 5) is 11.1. The van der Waals surface area contributed by atoms with Gasteiger partial charge < -0.3 is 10.4 Å². The molecule has 94 valence electrons. The molecule has 0 amide bonds. The number of carbonyl (C=O) groups is 1. The van der Waals surface area contributed by atoms with E-state index in [1.165, 1.54) is 6.07 Å². The third kappa shape index (κ3) is 2.46. The van der Waals surface area contributed by atoms with E-state index in [0.29, 0.717) is 10.7 Å². The summed E-state index contributed by atoms with van der Waals surface area (Å²) in [6.07, 6.45) is 1.78. The quantitative estimate of drug-likeness (QED) is 0.895. The summed E-state index contributed by atoms with van der Waals surface area (Å²) in [6.45, 7) is 1.84. The van der Waals surface area contributed by atoms with Crippen LogP contribution in [0.5, 0.6) is 0 Å². The Labute approximate surface area is 109 Å². The number of benzene rings is 1. The lowest BCUT2D eigenvalue weighted by Crippen LogP contribution is -2.02. The van der Waals surface area contributed by atoms with Crippen LogP contribution in [0.25, 0.3) is 0 Å². The van der Waals surface area contributed by atoms with Gasteiger partial charge in [0, 0.05) is 18.3 Å². The summed E-state index contributed by atoms with van der Waals surface area (Å²) in [5, 5.41) is 16.8. The van der Waals surface area contributed by atoms with E-state index in [0.717, 1.165) is 11.4 Å². The van der Waals surface area contributed by atoms with Crippen molar-refractivity contribution >= 4 is 28.9 Å². The normalized spacial score (nSPS) is 10.4. The molecule has 2 rings (SSSR count). The number of aromatic carboxylic acids is 1. The molecule has 2 N–H and O–H groups in total. The van der Waals surface area contributed by atoms with Gasteiger partial charge in [-0.05, 0) is 25.1 Å². The molecular formula is C12H12ClN3O2. The molecular weight excluding hydrogens is 254 g/mol. The van der Waals surface area contributed by atoms with Crippen LogP contribution in [-0.4, -0.2) is 20.9 Å². The maximum atomic E-state index is 11.1. The maximum absolute atomic E-state index is 11.1. The molecule has 0 atom stereocenters. The standard InChI is InChI=1S/C12H12ClN3O2/c1-7-11(6-16(2)15-7)14-10-5-8(13)3-4-9(10)12(17)18/h3-6,14H,1-2H3,(H,17,18). The largest absolute Gasteiger partial charge is 0.478 e. The van der Waals surface area contributed by atoms with Gasteiger partial charge in [0.25, 0.3) is 0 Å². The predicted octanol–water partition coefficient (Wildman–Crippen LogP) is 2.82. The van der Waals surface area contributed by atoms with Crippen LogP contribution in [0.1, 0.15) is 16.1 Å². The molecule has 6 heteroatoms. The van der Waals surface area contributed by atoms with Gasteiger partial charge in [-0.25, -0.2) is 4.79 Å². The molecule has 0 saturated carbocycles. The number of hydrogen-bond acceptors (Lipinski definition) is 3. The summed E-state index contributed by atoms with van der Waals surface area (Å²) in [7, 11) is 1.80. The average Bonchev–Trinajstić information content (AvgIpc) is 2.57. The van der Waals surface area contributed by atoms with E-state index < -0.39 is 5.97 Å². The average molecular weight is 266 g/mol. The van der Waals surface area contributed by atoms with Crippen molar-refractivity contribution in [3.05, 3.63) is 40.7 Å². The predicted molar refractivity (Wildman–Crippen MR) is 69.6 cm³/mol. The number of rotatable bonds is 3. The monoisotopic (exact) mass is 265 g/mol. The second-order valence-corrected chi connectivity index (χ2v) is 4.36. The topological polar surface area (TPSA) is 67.2 Å². The first-order chi connectivity index (χ1) is 8.47. The fourth-order valence-electron chi connectivity index (χ4n) is 1.67. The molecule has 0 spiro atoms. The van der Waals surface area contributed by atoms with E-state index in [2.05, 4.69) is 10.4 Å². The van der Waals surface area contributed by atoms with Crippen LogP contribution in [-0.2, 0) is 7.05 Å². The van der Waals surface area contributed by atoms with E-state index in [1.54, 1.807) is 30.1 Å². The second-order valence-electron chi connectivity index (χ2n) is 3.92. The molecule has 0 aliphatic carbocycles. The minimum Gasteiger partial charge on any atom is -0.478 e. The second kappa shape index (κ2) is 4.70. The van der Waals surface area contributed by atoms with Gasteiger partial charge in [0.2, 0.25) is 0 Å². The van der Waals surface area contributed by atoms with Crippen LogP contribution >= 0.6 is 11.6 Å². The van der Waals surface area contributed by atoms with Gasteiger partial charge >= 0.3 is 5.97 Å². The van der Waals surface area contributed by atoms with Crippen molar-refractivity contribution in [2.24, 2.45) is 7.05 Å². The van der Waals surface area contributed by atoms with Gasteiger partial charge in [-0.2, -0.15) is 5.10 Å². The highest BCUT2D eigenvalue weighted by molar-refractivity contribution is 6.31. The maximum Gasteiger partial charge on any atom is 0.337 e. The highest BCUT2D eigenvalue weighted by atomic mass is 35.5. The summed E-state index contributed by atoms with van der Waals surface area (Å²) in [5.41, 5.74) is 2.16. The zero-order valence-electron chi connectivity index (χ0n) is 9.94. The van der Waals surface area contributed by atoms with Crippen molar-refractivity contribution in [2.45, 2.75) is 6.92 Å². The van der Waals surface area contributed by atoms with Crippen molar-refractivity contribution in [2.75, 3.05) is 5.32 Å². The Balaban J connectivity index is 2.42. The number of nitrogens with zero attached hydrogens (tertiary/aromatic N) is 2. The zero-order valence-corrected chi connectivity index (χ0v) is 10.7. The summed E-state index contributed by atoms with van der Waals surface area (Å²) in [6, 6.07) is 4.60. The number of halogens is 1. The van der Waals surface area contributed by atoms with Gasteiger partial charge in [0.05, 0.1) is 22.6 Å². The van der Waals surface area contributed by atoms with Crippen LogP contribution in [0, 0.1) is 6.92 Å². The lowest BCUT2D eigenvalue weighted by molar-refractivity contribution is 0.0698. The van der Waals surface area contributed by atoms with Gasteiger partial charge in [0.1, 0.15) is 0 Å². The number of aromatic nitrogens is 2. The Kier molecular flexibility index (Phi) is 3.25. The molecule has 0 radical (unpaired) electrons. The Morgan fingerprint density at radius 2 is 2.17 bits per heavy atom. The van der Waals surface area contributed by atoms with Crippen LogP contribution in [0.15, 0.2) is 24.4 Å². The molecule has 0 fully saturated rings. The molecule has 18 heavy (non-hydrogen) atoms. The Morgan fingerprint density at radius 1 is 1.44 bits per heavy atom. The van der Waals surface area contributed by atoms with Gasteiger partial charge in [-0.1, -0.05) is 11.6 Å². The molecule has 1 aromatic carbocycles. The summed E-state index contributed by atoms with van der Waals surface area (Å²) in [5.74, 6) is -1.00. The van der Waals surface area contributed by atoms with E-state index in [4.69, 9.17) is 16.7 Å². The highest BCUT2D eigenvalue weighted by Crippen LogP contribution is 2.26. The van der Waals surface area contributed by atoms with Crippen LogP contribution < -0.4 is 5.32 Å². The number of aryl methyl sites for hydroxylation is 2. The fourth-order valence-corrected chi connectivity index (χ4v) is 1.85. The lowest BCUT2D eigenvalue weighted by atomic mass is 10.1. The van der Waals surface area contributed by atoms with Gasteiger partial charge in [0.15, 0.2) is 0 Å². The highest BCUT2D eigenvalue weighted by Gasteiger charge is 2.12. The molecule has 5 nitrogen and oxygen atoms in total. The van der Waals surface area contributed by atoms with E-state index in [-0.39, 0.29) is 5.56 Å². The van der Waals surface area contributed by atoms with Crippen molar-refractivity contribution in [3.63, 3.8) is 0 Å². The first-order valence-corrected chi connectivity index (χ1v) is 5.65. The Bertz CT molecular complexity index is 607. The van der Waals surface area contributed by atoms with Crippen molar-refractivity contribution in [3.8, 4) is 0 Å². The third-order valence-electron chi connectivity index (χ3n) is 2.49. The first-order valence-electron chi connectivity index (χ1n) is 5.27. The van der Waals surface area contributed by atoms with Gasteiger partial charge in [-0.15, -0.1) is 0 Å². The van der Waals surface area contributed by atoms with Crippen LogP contribution in [0.3, 0.4) is 0 Å². The molecule has 0 unspecified atom stereocenters. The van der Waals surface area contributed by atoms with Crippen LogP contribution in [0.2, 0.25) is 5.02 Å². The number of nitrogens with one attached hydrogen (secondary N) is 1. The number of anilines is 2. The Morgan fingerprint density at radius 3 is 2.72 bits per heavy atom. The number of hydrogen-bond donors (Lipinski definition) is 2. The van der Waals surface area contributed by atoms with Crippen molar-refractivity contribution in [1.29, 1.82) is 0 Å². The number of carboxylic acid groups (broad SMARTS) is 1. The van der Waals surface area contributed by atoms with Crippen molar-refractivity contribution in [1.82, 2.24) is 9.78 Å². The van der Waals surface area contributed by atoms with E-state index >= 15 is 0 Å². The fraction of sp³-hybridized carbons (Fsp3) is 0.167. The molecule has 0 aliphatic rings. The molecule has 0 bridgehead atoms. The minimum atomic E-state index is -1.00. The van der Waals surface area contributed by atoms with E-state index in [1.807, 2.05) is 6.92 Å². The van der Waals surface area contributed by atoms with E-state index in [9.17, 15) is 4.79 Å². The Hall–Kier alpha value is -2.01. The summed E-state index contributed by atoms with van der Waals surface area (Å²) < 4.78 is 1.66. The lowest BCUT2D eigenvalue weighted by Gasteiger charge is -2.08. The minimum absolute atomic E-state index is 0.169. The van der Waals surface area contributed by atoms with Gasteiger partial charge in [-0.3, -0.25) is 4.68 Å². The molecule has 1 heterocycles. The molecule has 1 aromatic heterocycles. The number of carboxylic acids is 1. The summed E-state index contributed by atoms with van der Waals surface area (Å²) >= 11 is 5.88. The molecule has 0 aliphatic heterocycles. The first kappa shape index (κ1) is 12.4. The van der Waals surface area contributed by atoms with Crippen molar-refractivity contribution < 1.29 is 9.90 Å². The SMILES string of the molecule is Cc1nn(C)cc1Nc1cc(Cl)ccc1C(=O)O. The molecule has 0 saturated heterocycles. The third-order valence-corrected chi connectivity index (χ3v) is 2.73.